The highest BCUT2D eigenvalue weighted by Gasteiger charge is 2.28. The van der Waals surface area contributed by atoms with Crippen LogP contribution in [0.4, 0.5) is 5.69 Å². The molecule has 1 aliphatic heterocycles. The van der Waals surface area contributed by atoms with E-state index < -0.39 is 29.9 Å². The molecule has 1 fully saturated rings. The fourth-order valence-corrected chi connectivity index (χ4v) is 4.69. The lowest BCUT2D eigenvalue weighted by molar-refractivity contribution is -0.145. The zero-order valence-electron chi connectivity index (χ0n) is 23.4. The number of benzene rings is 1. The van der Waals surface area contributed by atoms with Gasteiger partial charge in [-0.1, -0.05) is 19.1 Å². The molecule has 14 heteroatoms. The number of anilines is 1. The van der Waals surface area contributed by atoms with Gasteiger partial charge >= 0.3 is 23.9 Å². The Labute approximate surface area is 239 Å². The van der Waals surface area contributed by atoms with Gasteiger partial charge in [0.2, 0.25) is 5.91 Å². The van der Waals surface area contributed by atoms with Crippen molar-refractivity contribution >= 4 is 35.5 Å². The lowest BCUT2D eigenvalue weighted by Crippen LogP contribution is -2.52. The zero-order valence-corrected chi connectivity index (χ0v) is 23.4. The Hall–Kier alpha value is -3.59. The molecular weight excluding hydrogens is 538 g/mol. The summed E-state index contributed by atoms with van der Waals surface area (Å²) in [6, 6.07) is 6.31. The zero-order chi connectivity index (χ0) is 30.4. The molecular formula is C27H41N5O9. The number of aryl methyl sites for hydroxylation is 1. The Balaban J connectivity index is 2.17. The van der Waals surface area contributed by atoms with E-state index in [1.54, 1.807) is 31.7 Å². The molecule has 1 heterocycles. The van der Waals surface area contributed by atoms with Crippen molar-refractivity contribution in [3.63, 3.8) is 0 Å². The van der Waals surface area contributed by atoms with Gasteiger partial charge in [-0.25, -0.2) is 0 Å². The topological polar surface area (TPSA) is 191 Å². The molecule has 41 heavy (non-hydrogen) atoms. The van der Waals surface area contributed by atoms with Crippen molar-refractivity contribution in [1.29, 1.82) is 0 Å². The number of rotatable bonds is 13. The molecule has 1 aromatic carbocycles. The second kappa shape index (κ2) is 17.3. The van der Waals surface area contributed by atoms with Crippen molar-refractivity contribution in [2.24, 2.45) is 0 Å². The van der Waals surface area contributed by atoms with Gasteiger partial charge in [-0.3, -0.25) is 43.6 Å². The van der Waals surface area contributed by atoms with Gasteiger partial charge in [0.15, 0.2) is 0 Å². The van der Waals surface area contributed by atoms with Crippen LogP contribution in [0.1, 0.15) is 25.3 Å². The van der Waals surface area contributed by atoms with Crippen LogP contribution >= 0.6 is 0 Å². The summed E-state index contributed by atoms with van der Waals surface area (Å²) in [6.45, 7) is 2.74. The molecule has 1 aliphatic rings. The molecule has 0 bridgehead atoms. The Morgan fingerprint density at radius 3 is 1.49 bits per heavy atom. The SMILES string of the molecule is CCc1ccc(NC(=O)CCC(C(=O)O)N2CCN(CC(=O)O)CCN(CC(=O)O)CCN(CC(=O)O)CC2)cc1. The molecule has 5 N–H and O–H groups in total. The molecule has 228 valence electrons. The summed E-state index contributed by atoms with van der Waals surface area (Å²) in [7, 11) is 0. The first-order chi connectivity index (χ1) is 19.5. The molecule has 0 spiro atoms. The summed E-state index contributed by atoms with van der Waals surface area (Å²) in [6.07, 6.45) is 0.794. The second-order valence-electron chi connectivity index (χ2n) is 10.0. The number of hydrogen-bond acceptors (Lipinski definition) is 9. The number of hydrogen-bond donors (Lipinski definition) is 5. The maximum absolute atomic E-state index is 12.6. The van der Waals surface area contributed by atoms with Gasteiger partial charge < -0.3 is 25.7 Å². The van der Waals surface area contributed by atoms with Gasteiger partial charge in [-0.05, 0) is 30.5 Å². The lowest BCUT2D eigenvalue weighted by atomic mass is 10.1. The molecule has 0 radical (unpaired) electrons. The third-order valence-corrected chi connectivity index (χ3v) is 6.97. The van der Waals surface area contributed by atoms with Crippen LogP contribution in [0.15, 0.2) is 24.3 Å². The van der Waals surface area contributed by atoms with Gasteiger partial charge in [-0.15, -0.1) is 0 Å². The molecule has 1 amide bonds. The standard InChI is InChI=1S/C27H41N5O9/c1-2-20-3-5-21(6-4-20)28-23(33)8-7-22(27(40)41)32-15-13-30(18-25(36)37)11-9-29(17-24(34)35)10-12-31(14-16-32)19-26(38)39/h3-6,22H,2,7-19H2,1H3,(H,28,33)(H,34,35)(H,36,37)(H,38,39)(H,40,41). The summed E-state index contributed by atoms with van der Waals surface area (Å²) >= 11 is 0. The monoisotopic (exact) mass is 579 g/mol. The Morgan fingerprint density at radius 1 is 0.707 bits per heavy atom. The third-order valence-electron chi connectivity index (χ3n) is 6.97. The number of carboxylic acids is 4. The number of carbonyl (C=O) groups is 5. The number of aliphatic carboxylic acids is 4. The maximum atomic E-state index is 12.6. The Morgan fingerprint density at radius 2 is 1.12 bits per heavy atom. The minimum atomic E-state index is -1.14. The highest BCUT2D eigenvalue weighted by atomic mass is 16.4. The first-order valence-electron chi connectivity index (χ1n) is 13.6. The Bertz CT molecular complexity index is 1000. The van der Waals surface area contributed by atoms with Crippen molar-refractivity contribution < 1.29 is 44.4 Å². The van der Waals surface area contributed by atoms with Crippen LogP contribution in [0.25, 0.3) is 0 Å². The number of carboxylic acid groups (broad SMARTS) is 4. The Kier molecular flexibility index (Phi) is 14.2. The predicted molar refractivity (Wildman–Crippen MR) is 149 cm³/mol. The second-order valence-corrected chi connectivity index (χ2v) is 10.0. The average Bonchev–Trinajstić information content (AvgIpc) is 2.89. The van der Waals surface area contributed by atoms with Crippen molar-refractivity contribution in [1.82, 2.24) is 19.6 Å². The van der Waals surface area contributed by atoms with Gasteiger partial charge in [0.1, 0.15) is 6.04 Å². The van der Waals surface area contributed by atoms with E-state index in [1.807, 2.05) is 19.1 Å². The summed E-state index contributed by atoms with van der Waals surface area (Å²) < 4.78 is 0. The van der Waals surface area contributed by atoms with Crippen LogP contribution in [0, 0.1) is 0 Å². The first-order valence-corrected chi connectivity index (χ1v) is 13.6. The van der Waals surface area contributed by atoms with E-state index in [0.717, 1.165) is 12.0 Å². The molecule has 2 rings (SSSR count). The molecule has 1 saturated heterocycles. The van der Waals surface area contributed by atoms with Crippen molar-refractivity contribution in [3.8, 4) is 0 Å². The van der Waals surface area contributed by atoms with Gasteiger partial charge in [0, 0.05) is 64.5 Å². The summed E-state index contributed by atoms with van der Waals surface area (Å²) in [4.78, 5) is 65.7. The largest absolute Gasteiger partial charge is 0.480 e. The van der Waals surface area contributed by atoms with Gasteiger partial charge in [0.25, 0.3) is 0 Å². The lowest BCUT2D eigenvalue weighted by Gasteiger charge is -2.35. The maximum Gasteiger partial charge on any atom is 0.320 e. The van der Waals surface area contributed by atoms with Crippen LogP contribution in [0.5, 0.6) is 0 Å². The van der Waals surface area contributed by atoms with E-state index in [1.165, 1.54) is 0 Å². The van der Waals surface area contributed by atoms with E-state index in [0.29, 0.717) is 5.69 Å². The molecule has 0 aliphatic carbocycles. The molecule has 0 saturated carbocycles. The van der Waals surface area contributed by atoms with Crippen molar-refractivity contribution in [3.05, 3.63) is 29.8 Å². The minimum Gasteiger partial charge on any atom is -0.480 e. The number of nitrogens with one attached hydrogen (secondary N) is 1. The van der Waals surface area contributed by atoms with Crippen LogP contribution in [0.2, 0.25) is 0 Å². The number of amides is 1. The van der Waals surface area contributed by atoms with E-state index in [-0.39, 0.29) is 90.7 Å². The van der Waals surface area contributed by atoms with E-state index in [9.17, 15) is 44.4 Å². The smallest absolute Gasteiger partial charge is 0.320 e. The fourth-order valence-electron chi connectivity index (χ4n) is 4.69. The van der Waals surface area contributed by atoms with Crippen molar-refractivity contribution in [2.75, 3.05) is 77.3 Å². The van der Waals surface area contributed by atoms with Crippen LogP contribution in [-0.4, -0.2) is 148 Å². The molecule has 14 nitrogen and oxygen atoms in total. The fraction of sp³-hybridized carbons (Fsp3) is 0.593. The molecule has 1 aromatic rings. The molecule has 1 atom stereocenters. The molecule has 0 aromatic heterocycles. The first kappa shape index (κ1) is 33.6. The number of nitrogens with zero attached hydrogens (tertiary/aromatic N) is 4. The van der Waals surface area contributed by atoms with Crippen LogP contribution in [-0.2, 0) is 30.4 Å². The van der Waals surface area contributed by atoms with Crippen molar-refractivity contribution in [2.45, 2.75) is 32.2 Å². The van der Waals surface area contributed by atoms with Gasteiger partial charge in [-0.2, -0.15) is 0 Å². The predicted octanol–water partition coefficient (Wildman–Crippen LogP) is -0.104. The van der Waals surface area contributed by atoms with E-state index in [2.05, 4.69) is 5.32 Å². The minimum absolute atomic E-state index is 0.00153. The van der Waals surface area contributed by atoms with Crippen LogP contribution < -0.4 is 5.32 Å². The van der Waals surface area contributed by atoms with E-state index >= 15 is 0 Å². The third kappa shape index (κ3) is 13.1. The number of carbonyl (C=O) groups excluding carboxylic acids is 1. The summed E-state index contributed by atoms with van der Waals surface area (Å²) in [5.41, 5.74) is 1.73. The average molecular weight is 580 g/mol. The molecule has 1 unspecified atom stereocenters. The highest BCUT2D eigenvalue weighted by molar-refractivity contribution is 5.91. The quantitative estimate of drug-likeness (QED) is 0.208. The summed E-state index contributed by atoms with van der Waals surface area (Å²) in [5.74, 6) is -4.67. The highest BCUT2D eigenvalue weighted by Crippen LogP contribution is 2.14. The van der Waals surface area contributed by atoms with E-state index in [4.69, 9.17) is 0 Å². The van der Waals surface area contributed by atoms with Gasteiger partial charge in [0.05, 0.1) is 19.6 Å². The normalized spacial score (nSPS) is 17.6. The summed E-state index contributed by atoms with van der Waals surface area (Å²) in [5, 5.41) is 40.9. The van der Waals surface area contributed by atoms with Crippen LogP contribution in [0.3, 0.4) is 0 Å².